The van der Waals surface area contributed by atoms with Crippen LogP contribution in [0.2, 0.25) is 0 Å². The van der Waals surface area contributed by atoms with Gasteiger partial charge >= 0.3 is 0 Å². The van der Waals surface area contributed by atoms with Crippen molar-refractivity contribution in [1.29, 1.82) is 0 Å². The lowest BCUT2D eigenvalue weighted by atomic mass is 10.1. The first-order chi connectivity index (χ1) is 13.9. The number of hydrogen-bond donors (Lipinski definition) is 0. The van der Waals surface area contributed by atoms with Crippen LogP contribution in [0.5, 0.6) is 0 Å². The Morgan fingerprint density at radius 2 is 1.79 bits per heavy atom. The lowest BCUT2D eigenvalue weighted by molar-refractivity contribution is -0.0587. The number of Topliss-reactive ketones (excluding diaryl/α,β-unsaturated/α-hetero) is 1. The van der Waals surface area contributed by atoms with E-state index < -0.39 is 0 Å². The number of aromatic nitrogens is 2. The summed E-state index contributed by atoms with van der Waals surface area (Å²) >= 11 is 0. The van der Waals surface area contributed by atoms with Crippen LogP contribution in [-0.4, -0.2) is 75.6 Å². The number of carbonyl (C=O) groups excluding carboxylic acids is 3. The number of rotatable bonds is 4. The fourth-order valence-corrected chi connectivity index (χ4v) is 3.89. The highest BCUT2D eigenvalue weighted by Gasteiger charge is 2.32. The summed E-state index contributed by atoms with van der Waals surface area (Å²) in [7, 11) is 0. The van der Waals surface area contributed by atoms with Gasteiger partial charge in [-0.1, -0.05) is 30.3 Å². The predicted molar refractivity (Wildman–Crippen MR) is 105 cm³/mol. The van der Waals surface area contributed by atoms with E-state index in [4.69, 9.17) is 4.74 Å². The Kier molecular flexibility index (Phi) is 5.19. The normalized spacial score (nSPS) is 21.8. The molecule has 1 aromatic heterocycles. The van der Waals surface area contributed by atoms with E-state index in [1.165, 1.54) is 11.0 Å². The van der Waals surface area contributed by atoms with E-state index in [-0.39, 0.29) is 42.0 Å². The highest BCUT2D eigenvalue weighted by Crippen LogP contribution is 2.18. The summed E-state index contributed by atoms with van der Waals surface area (Å²) in [6.45, 7) is 5.69. The average Bonchev–Trinajstić information content (AvgIpc) is 3.14. The van der Waals surface area contributed by atoms with Crippen molar-refractivity contribution in [3.63, 3.8) is 0 Å². The second kappa shape index (κ2) is 7.79. The zero-order valence-electron chi connectivity index (χ0n) is 16.6. The molecule has 0 N–H and O–H groups in total. The molecule has 1 aromatic carbocycles. The first-order valence-electron chi connectivity index (χ1n) is 9.82. The number of ketones is 1. The summed E-state index contributed by atoms with van der Waals surface area (Å²) in [5, 5.41) is 4.35. The molecular weight excluding hydrogens is 372 g/mol. The Labute approximate surface area is 169 Å². The molecule has 0 radical (unpaired) electrons. The van der Waals surface area contributed by atoms with Crippen molar-refractivity contribution in [3.8, 4) is 0 Å². The number of amides is 2. The molecule has 0 bridgehead atoms. The topological polar surface area (TPSA) is 84.7 Å². The van der Waals surface area contributed by atoms with Gasteiger partial charge in [0.2, 0.25) is 0 Å². The molecule has 8 heteroatoms. The van der Waals surface area contributed by atoms with Crippen LogP contribution in [-0.2, 0) is 11.3 Å². The molecule has 8 nitrogen and oxygen atoms in total. The lowest BCUT2D eigenvalue weighted by Gasteiger charge is -2.34. The highest BCUT2D eigenvalue weighted by molar-refractivity contribution is 6.03. The van der Waals surface area contributed by atoms with Gasteiger partial charge in [0.15, 0.2) is 11.5 Å². The van der Waals surface area contributed by atoms with Crippen LogP contribution in [0.25, 0.3) is 0 Å². The molecule has 152 valence electrons. The smallest absolute Gasteiger partial charge is 0.274 e. The molecule has 2 atom stereocenters. The molecule has 29 heavy (non-hydrogen) atoms. The molecule has 2 aromatic rings. The van der Waals surface area contributed by atoms with Gasteiger partial charge in [0.05, 0.1) is 25.3 Å². The second-order valence-corrected chi connectivity index (χ2v) is 7.62. The zero-order valence-corrected chi connectivity index (χ0v) is 16.6. The Morgan fingerprint density at radius 1 is 1.10 bits per heavy atom. The monoisotopic (exact) mass is 396 g/mol. The van der Waals surface area contributed by atoms with E-state index in [1.807, 2.05) is 19.9 Å². The van der Waals surface area contributed by atoms with Gasteiger partial charge in [-0.05, 0) is 13.8 Å². The van der Waals surface area contributed by atoms with E-state index in [0.717, 1.165) is 0 Å². The first kappa shape index (κ1) is 19.3. The molecule has 1 saturated heterocycles. The van der Waals surface area contributed by atoms with Crippen LogP contribution in [0.3, 0.4) is 0 Å². The van der Waals surface area contributed by atoms with Crippen LogP contribution >= 0.6 is 0 Å². The number of benzene rings is 1. The Balaban J connectivity index is 1.48. The molecule has 1 fully saturated rings. The zero-order chi connectivity index (χ0) is 20.5. The maximum atomic E-state index is 12.9. The summed E-state index contributed by atoms with van der Waals surface area (Å²) in [5.41, 5.74) is 1.17. The van der Waals surface area contributed by atoms with Crippen molar-refractivity contribution in [2.75, 3.05) is 26.2 Å². The van der Waals surface area contributed by atoms with Crippen LogP contribution in [0.15, 0.2) is 36.4 Å². The number of carbonyl (C=O) groups is 3. The van der Waals surface area contributed by atoms with Gasteiger partial charge in [0.1, 0.15) is 5.69 Å². The molecule has 2 aliphatic heterocycles. The predicted octanol–water partition coefficient (Wildman–Crippen LogP) is 1.47. The van der Waals surface area contributed by atoms with E-state index in [2.05, 4.69) is 5.10 Å². The third kappa shape index (κ3) is 3.93. The largest absolute Gasteiger partial charge is 0.372 e. The SMILES string of the molecule is C[C@@H]1CN(C(=O)c2cc3n(n2)CCN(CC(=O)c2ccccc2)C3=O)C[C@@H](C)O1. The molecule has 2 amide bonds. The highest BCUT2D eigenvalue weighted by atomic mass is 16.5. The summed E-state index contributed by atoms with van der Waals surface area (Å²) < 4.78 is 7.24. The number of ether oxygens (including phenoxy) is 1. The molecule has 0 saturated carbocycles. The van der Waals surface area contributed by atoms with Crippen molar-refractivity contribution >= 4 is 17.6 Å². The van der Waals surface area contributed by atoms with E-state index in [1.54, 1.807) is 33.8 Å². The van der Waals surface area contributed by atoms with Crippen LogP contribution in [0.4, 0.5) is 0 Å². The molecule has 3 heterocycles. The first-order valence-corrected chi connectivity index (χ1v) is 9.82. The fraction of sp³-hybridized carbons (Fsp3) is 0.429. The van der Waals surface area contributed by atoms with Crippen LogP contribution in [0.1, 0.15) is 45.2 Å². The third-order valence-electron chi connectivity index (χ3n) is 5.22. The van der Waals surface area contributed by atoms with E-state index >= 15 is 0 Å². The molecule has 4 rings (SSSR count). The van der Waals surface area contributed by atoms with Gasteiger partial charge in [-0.2, -0.15) is 5.10 Å². The molecular formula is C21H24N4O4. The lowest BCUT2D eigenvalue weighted by Crippen LogP contribution is -2.48. The standard InChI is InChI=1S/C21H24N4O4/c1-14-11-24(12-15(2)29-14)20(27)17-10-18-21(28)23(8-9-25(18)22-17)13-19(26)16-6-4-3-5-7-16/h3-7,10,14-15H,8-9,11-13H2,1-2H3/t14-,15-/m1/s1. The van der Waals surface area contributed by atoms with Crippen molar-refractivity contribution in [3.05, 3.63) is 53.3 Å². The summed E-state index contributed by atoms with van der Waals surface area (Å²) in [6, 6.07) is 10.5. The van der Waals surface area contributed by atoms with Crippen molar-refractivity contribution in [1.82, 2.24) is 19.6 Å². The van der Waals surface area contributed by atoms with Gasteiger partial charge in [-0.3, -0.25) is 19.1 Å². The summed E-state index contributed by atoms with van der Waals surface area (Å²) in [6.07, 6.45) is -0.0814. The van der Waals surface area contributed by atoms with Gasteiger partial charge in [0.25, 0.3) is 11.8 Å². The minimum Gasteiger partial charge on any atom is -0.372 e. The quantitative estimate of drug-likeness (QED) is 0.731. The second-order valence-electron chi connectivity index (χ2n) is 7.62. The number of morpholine rings is 1. The van der Waals surface area contributed by atoms with Gasteiger partial charge < -0.3 is 14.5 Å². The maximum absolute atomic E-state index is 12.9. The van der Waals surface area contributed by atoms with E-state index in [0.29, 0.717) is 37.4 Å². The fourth-order valence-electron chi connectivity index (χ4n) is 3.89. The maximum Gasteiger partial charge on any atom is 0.274 e. The van der Waals surface area contributed by atoms with Gasteiger partial charge in [-0.25, -0.2) is 0 Å². The summed E-state index contributed by atoms with van der Waals surface area (Å²) in [5.74, 6) is -0.594. The van der Waals surface area contributed by atoms with Gasteiger partial charge in [-0.15, -0.1) is 0 Å². The average molecular weight is 396 g/mol. The van der Waals surface area contributed by atoms with Crippen LogP contribution < -0.4 is 0 Å². The van der Waals surface area contributed by atoms with Crippen molar-refractivity contribution in [2.24, 2.45) is 0 Å². The Hall–Kier alpha value is -3.00. The Bertz CT molecular complexity index is 929. The van der Waals surface area contributed by atoms with E-state index in [9.17, 15) is 14.4 Å². The number of fused-ring (bicyclic) bond motifs is 1. The minimum atomic E-state index is -0.282. The number of nitrogens with zero attached hydrogens (tertiary/aromatic N) is 4. The molecule has 0 spiro atoms. The van der Waals surface area contributed by atoms with Crippen LogP contribution in [0, 0.1) is 0 Å². The molecule has 2 aliphatic rings. The third-order valence-corrected chi connectivity index (χ3v) is 5.22. The van der Waals surface area contributed by atoms with Gasteiger partial charge in [0, 0.05) is 31.3 Å². The van der Waals surface area contributed by atoms with Crippen molar-refractivity contribution < 1.29 is 19.1 Å². The molecule has 0 unspecified atom stereocenters. The Morgan fingerprint density at radius 3 is 2.48 bits per heavy atom. The summed E-state index contributed by atoms with van der Waals surface area (Å²) in [4.78, 5) is 41.4. The minimum absolute atomic E-state index is 0.00972. The molecule has 0 aliphatic carbocycles. The number of hydrogen-bond acceptors (Lipinski definition) is 5. The van der Waals surface area contributed by atoms with Crippen molar-refractivity contribution in [2.45, 2.75) is 32.6 Å².